The normalized spacial score (nSPS) is 10.7. The molecule has 0 saturated carbocycles. The molecule has 116 valence electrons. The van der Waals surface area contributed by atoms with Crippen molar-refractivity contribution in [2.24, 2.45) is 0 Å². The Morgan fingerprint density at radius 1 is 1.09 bits per heavy atom. The van der Waals surface area contributed by atoms with E-state index in [0.29, 0.717) is 22.8 Å². The van der Waals surface area contributed by atoms with E-state index in [1.807, 2.05) is 6.07 Å². The average Bonchev–Trinajstić information content (AvgIpc) is 2.56. The molecule has 2 N–H and O–H groups in total. The Kier molecular flexibility index (Phi) is 4.19. The molecule has 1 heterocycles. The van der Waals surface area contributed by atoms with Gasteiger partial charge in [-0.2, -0.15) is 0 Å². The van der Waals surface area contributed by atoms with Crippen LogP contribution in [0.4, 0.5) is 4.39 Å². The van der Waals surface area contributed by atoms with Gasteiger partial charge in [-0.15, -0.1) is 0 Å². The fraction of sp³-hybridized carbons (Fsp3) is 0.111. The molecule has 5 heteroatoms. The van der Waals surface area contributed by atoms with Gasteiger partial charge in [-0.3, -0.25) is 9.59 Å². The third-order valence-corrected chi connectivity index (χ3v) is 3.64. The highest BCUT2D eigenvalue weighted by Gasteiger charge is 2.09. The van der Waals surface area contributed by atoms with E-state index in [2.05, 4.69) is 10.3 Å². The molecule has 23 heavy (non-hydrogen) atoms. The minimum Gasteiger partial charge on any atom is -0.350 e. The Labute approximate surface area is 132 Å². The van der Waals surface area contributed by atoms with Gasteiger partial charge in [0.2, 0.25) is 0 Å². The van der Waals surface area contributed by atoms with Crippen LogP contribution in [-0.2, 0) is 6.42 Å². The molecule has 0 bridgehead atoms. The first-order chi connectivity index (χ1) is 11.1. The van der Waals surface area contributed by atoms with E-state index >= 15 is 0 Å². The molecule has 0 aliphatic carbocycles. The zero-order chi connectivity index (χ0) is 16.2. The third-order valence-electron chi connectivity index (χ3n) is 3.64. The largest absolute Gasteiger partial charge is 0.350 e. The van der Waals surface area contributed by atoms with Crippen molar-refractivity contribution in [3.05, 3.63) is 82.0 Å². The first kappa shape index (κ1) is 15.0. The summed E-state index contributed by atoms with van der Waals surface area (Å²) in [6.07, 6.45) is 0.385. The Morgan fingerprint density at radius 2 is 1.83 bits per heavy atom. The average molecular weight is 310 g/mol. The number of hydrogen-bond donors (Lipinski definition) is 2. The second-order valence-electron chi connectivity index (χ2n) is 5.20. The van der Waals surface area contributed by atoms with Crippen molar-refractivity contribution >= 4 is 16.7 Å². The minimum atomic E-state index is -0.385. The molecule has 1 aromatic heterocycles. The highest BCUT2D eigenvalue weighted by molar-refractivity contribution is 5.96. The molecule has 0 fully saturated rings. The van der Waals surface area contributed by atoms with Crippen LogP contribution >= 0.6 is 0 Å². The van der Waals surface area contributed by atoms with Crippen LogP contribution in [0.1, 0.15) is 16.1 Å². The lowest BCUT2D eigenvalue weighted by Crippen LogP contribution is -2.28. The highest BCUT2D eigenvalue weighted by Crippen LogP contribution is 2.10. The third kappa shape index (κ3) is 3.29. The number of benzene rings is 2. The quantitative estimate of drug-likeness (QED) is 0.778. The molecule has 1 amide bonds. The van der Waals surface area contributed by atoms with E-state index in [1.165, 1.54) is 6.07 Å². The smallest absolute Gasteiger partial charge is 0.267 e. The molecule has 4 nitrogen and oxygen atoms in total. The van der Waals surface area contributed by atoms with Gasteiger partial charge in [0, 0.05) is 11.9 Å². The monoisotopic (exact) mass is 310 g/mol. The zero-order valence-corrected chi connectivity index (χ0v) is 12.3. The summed E-state index contributed by atoms with van der Waals surface area (Å²) in [5.41, 5.74) is 0.435. The van der Waals surface area contributed by atoms with Gasteiger partial charge in [0.15, 0.2) is 0 Å². The fourth-order valence-electron chi connectivity index (χ4n) is 2.44. The van der Waals surface area contributed by atoms with Gasteiger partial charge in [0.05, 0.1) is 0 Å². The van der Waals surface area contributed by atoms with Gasteiger partial charge in [-0.25, -0.2) is 4.39 Å². The first-order valence-corrected chi connectivity index (χ1v) is 7.29. The van der Waals surface area contributed by atoms with Crippen LogP contribution in [0.3, 0.4) is 0 Å². The van der Waals surface area contributed by atoms with Crippen molar-refractivity contribution in [2.75, 3.05) is 6.54 Å². The Balaban J connectivity index is 1.71. The molecule has 0 unspecified atom stereocenters. The second-order valence-corrected chi connectivity index (χ2v) is 5.20. The molecule has 0 spiro atoms. The number of halogens is 1. The van der Waals surface area contributed by atoms with E-state index in [0.717, 1.165) is 0 Å². The summed E-state index contributed by atoms with van der Waals surface area (Å²) < 4.78 is 13.5. The lowest BCUT2D eigenvalue weighted by atomic mass is 10.1. The number of fused-ring (bicyclic) bond motifs is 1. The van der Waals surface area contributed by atoms with Gasteiger partial charge in [0.25, 0.3) is 11.5 Å². The highest BCUT2D eigenvalue weighted by atomic mass is 19.1. The van der Waals surface area contributed by atoms with E-state index in [-0.39, 0.29) is 29.5 Å². The second kappa shape index (κ2) is 6.44. The number of aromatic nitrogens is 1. The van der Waals surface area contributed by atoms with Crippen LogP contribution in [0.5, 0.6) is 0 Å². The van der Waals surface area contributed by atoms with Crippen molar-refractivity contribution < 1.29 is 9.18 Å². The predicted octanol–water partition coefficient (Wildman–Crippen LogP) is 2.64. The Morgan fingerprint density at radius 3 is 2.65 bits per heavy atom. The number of carbonyl (C=O) groups is 1. The Hall–Kier alpha value is -2.95. The van der Waals surface area contributed by atoms with Crippen LogP contribution in [0.2, 0.25) is 0 Å². The van der Waals surface area contributed by atoms with E-state index in [9.17, 15) is 14.0 Å². The minimum absolute atomic E-state index is 0.197. The van der Waals surface area contributed by atoms with Crippen LogP contribution in [0, 0.1) is 5.82 Å². The molecule has 0 aliphatic heterocycles. The van der Waals surface area contributed by atoms with Gasteiger partial charge < -0.3 is 10.3 Å². The summed E-state index contributed by atoms with van der Waals surface area (Å²) in [6, 6.07) is 15.1. The van der Waals surface area contributed by atoms with E-state index < -0.39 is 0 Å². The van der Waals surface area contributed by atoms with E-state index in [1.54, 1.807) is 42.5 Å². The topological polar surface area (TPSA) is 62.0 Å². The first-order valence-electron chi connectivity index (χ1n) is 7.29. The molecule has 3 rings (SSSR count). The standard InChI is InChI=1S/C18H15FN2O2/c19-15-8-4-2-5-12(15)9-10-20-18(23)16-11-13-6-1-3-7-14(13)17(22)21-16/h1-8,11H,9-10H2,(H,20,23)(H,21,22). The maximum Gasteiger partial charge on any atom is 0.267 e. The Bertz CT molecular complexity index is 918. The lowest BCUT2D eigenvalue weighted by Gasteiger charge is -2.07. The van der Waals surface area contributed by atoms with Crippen LogP contribution in [0.15, 0.2) is 59.4 Å². The summed E-state index contributed by atoms with van der Waals surface area (Å²) in [5, 5.41) is 3.93. The number of rotatable bonds is 4. The number of carbonyl (C=O) groups excluding carboxylic acids is 1. The molecular formula is C18H15FN2O2. The van der Waals surface area contributed by atoms with Crippen LogP contribution in [0.25, 0.3) is 10.8 Å². The van der Waals surface area contributed by atoms with Gasteiger partial charge in [-0.1, -0.05) is 36.4 Å². The number of aromatic amines is 1. The summed E-state index contributed by atoms with van der Waals surface area (Å²) in [4.78, 5) is 26.7. The lowest BCUT2D eigenvalue weighted by molar-refractivity contribution is 0.0949. The van der Waals surface area contributed by atoms with Crippen molar-refractivity contribution in [1.82, 2.24) is 10.3 Å². The van der Waals surface area contributed by atoms with Gasteiger partial charge >= 0.3 is 0 Å². The van der Waals surface area contributed by atoms with Crippen molar-refractivity contribution in [2.45, 2.75) is 6.42 Å². The SMILES string of the molecule is O=C(NCCc1ccccc1F)c1cc2ccccc2c(=O)[nH]1. The van der Waals surface area contributed by atoms with Gasteiger partial charge in [0.1, 0.15) is 11.5 Å². The predicted molar refractivity (Wildman–Crippen MR) is 87.0 cm³/mol. The van der Waals surface area contributed by atoms with E-state index in [4.69, 9.17) is 0 Å². The van der Waals surface area contributed by atoms with Crippen LogP contribution in [-0.4, -0.2) is 17.4 Å². The van der Waals surface area contributed by atoms with Crippen molar-refractivity contribution in [3.63, 3.8) is 0 Å². The molecule has 0 aliphatic rings. The zero-order valence-electron chi connectivity index (χ0n) is 12.3. The van der Waals surface area contributed by atoms with Crippen molar-refractivity contribution in [3.8, 4) is 0 Å². The fourth-order valence-corrected chi connectivity index (χ4v) is 2.44. The molecule has 2 aromatic carbocycles. The van der Waals surface area contributed by atoms with Crippen molar-refractivity contribution in [1.29, 1.82) is 0 Å². The number of pyridine rings is 1. The van der Waals surface area contributed by atoms with Gasteiger partial charge in [-0.05, 0) is 35.6 Å². The molecule has 0 atom stereocenters. The molecule has 0 radical (unpaired) electrons. The maximum atomic E-state index is 13.5. The number of amides is 1. The summed E-state index contributed by atoms with van der Waals surface area (Å²) in [6.45, 7) is 0.286. The number of H-pyrrole nitrogens is 1. The summed E-state index contributed by atoms with van der Waals surface area (Å²) in [7, 11) is 0. The molecule has 0 saturated heterocycles. The summed E-state index contributed by atoms with van der Waals surface area (Å²) >= 11 is 0. The molecular weight excluding hydrogens is 295 g/mol. The number of hydrogen-bond acceptors (Lipinski definition) is 2. The summed E-state index contributed by atoms with van der Waals surface area (Å²) in [5.74, 6) is -0.676. The maximum absolute atomic E-state index is 13.5. The molecule has 3 aromatic rings. The number of nitrogens with one attached hydrogen (secondary N) is 2. The van der Waals surface area contributed by atoms with Crippen LogP contribution < -0.4 is 10.9 Å².